The van der Waals surface area contributed by atoms with Gasteiger partial charge in [0.1, 0.15) is 0 Å². The van der Waals surface area contributed by atoms with Gasteiger partial charge >= 0.3 is 5.97 Å². The van der Waals surface area contributed by atoms with E-state index in [4.69, 9.17) is 5.11 Å². The van der Waals surface area contributed by atoms with Gasteiger partial charge in [0.25, 0.3) is 0 Å². The molecule has 4 heteroatoms. The van der Waals surface area contributed by atoms with Crippen molar-refractivity contribution >= 4 is 5.97 Å². The normalized spacial score (nSPS) is 16.6. The van der Waals surface area contributed by atoms with Gasteiger partial charge in [-0.3, -0.25) is 4.68 Å². The fraction of sp³-hybridized carbons (Fsp3) is 0.600. The lowest BCUT2D eigenvalue weighted by Crippen LogP contribution is -2.14. The topological polar surface area (TPSA) is 55.1 Å². The number of hydrogen-bond acceptors (Lipinski definition) is 2. The van der Waals surface area contributed by atoms with Crippen LogP contribution in [0.5, 0.6) is 0 Å². The van der Waals surface area contributed by atoms with E-state index in [9.17, 15) is 4.79 Å². The van der Waals surface area contributed by atoms with Crippen molar-refractivity contribution in [2.24, 2.45) is 0 Å². The van der Waals surface area contributed by atoms with Crippen molar-refractivity contribution in [1.29, 1.82) is 0 Å². The molecule has 1 N–H and O–H groups in total. The Labute approximate surface area is 82.5 Å². The lowest BCUT2D eigenvalue weighted by atomic mass is 9.83. The van der Waals surface area contributed by atoms with Gasteiger partial charge in [-0.15, -0.1) is 0 Å². The van der Waals surface area contributed by atoms with Gasteiger partial charge in [-0.25, -0.2) is 4.79 Å². The second-order valence-corrected chi connectivity index (χ2v) is 3.70. The molecule has 0 saturated heterocycles. The van der Waals surface area contributed by atoms with Crippen LogP contribution in [0.3, 0.4) is 0 Å². The van der Waals surface area contributed by atoms with Crippen molar-refractivity contribution < 1.29 is 9.90 Å². The molecule has 0 spiro atoms. The van der Waals surface area contributed by atoms with E-state index >= 15 is 0 Å². The lowest BCUT2D eigenvalue weighted by molar-refractivity contribution is 0.0689. The molecule has 0 amide bonds. The van der Waals surface area contributed by atoms with Crippen LogP contribution >= 0.6 is 0 Å². The first-order chi connectivity index (χ1) is 6.72. The fourth-order valence-electron chi connectivity index (χ4n) is 1.82. The van der Waals surface area contributed by atoms with Crippen molar-refractivity contribution in [2.45, 2.75) is 38.6 Å². The molecule has 1 fully saturated rings. The maximum Gasteiger partial charge on any atom is 0.356 e. The molecule has 0 aliphatic heterocycles. The van der Waals surface area contributed by atoms with Crippen LogP contribution in [0.4, 0.5) is 0 Å². The van der Waals surface area contributed by atoms with Gasteiger partial charge in [-0.2, -0.15) is 5.10 Å². The van der Waals surface area contributed by atoms with Crippen LogP contribution in [-0.4, -0.2) is 20.9 Å². The number of rotatable bonds is 3. The molecule has 1 saturated carbocycles. The SMILES string of the molecule is CCn1nc(C(=O)O)cc1C1CCC1. The minimum atomic E-state index is -0.933. The van der Waals surface area contributed by atoms with Crippen LogP contribution in [0.1, 0.15) is 48.3 Å². The van der Waals surface area contributed by atoms with Gasteiger partial charge in [0, 0.05) is 18.2 Å². The summed E-state index contributed by atoms with van der Waals surface area (Å²) in [6.07, 6.45) is 3.59. The molecule has 0 aromatic carbocycles. The molecule has 76 valence electrons. The first-order valence-electron chi connectivity index (χ1n) is 5.03. The summed E-state index contributed by atoms with van der Waals surface area (Å²) in [5, 5.41) is 12.9. The van der Waals surface area contributed by atoms with Crippen molar-refractivity contribution in [3.8, 4) is 0 Å². The Bertz CT molecular complexity index is 353. The predicted octanol–water partition coefficient (Wildman–Crippen LogP) is 1.87. The summed E-state index contributed by atoms with van der Waals surface area (Å²) in [5.41, 5.74) is 1.27. The maximum absolute atomic E-state index is 10.7. The average Bonchev–Trinajstić information content (AvgIpc) is 2.45. The average molecular weight is 194 g/mol. The summed E-state index contributed by atoms with van der Waals surface area (Å²) in [7, 11) is 0. The highest BCUT2D eigenvalue weighted by Crippen LogP contribution is 2.36. The highest BCUT2D eigenvalue weighted by molar-refractivity contribution is 5.85. The minimum absolute atomic E-state index is 0.175. The number of carboxylic acids is 1. The van der Waals surface area contributed by atoms with E-state index in [-0.39, 0.29) is 5.69 Å². The summed E-state index contributed by atoms with van der Waals surface area (Å²) in [4.78, 5) is 10.7. The van der Waals surface area contributed by atoms with E-state index in [1.165, 1.54) is 19.3 Å². The van der Waals surface area contributed by atoms with E-state index in [0.29, 0.717) is 5.92 Å². The van der Waals surface area contributed by atoms with Gasteiger partial charge < -0.3 is 5.11 Å². The molecule has 1 heterocycles. The molecule has 1 aromatic heterocycles. The Balaban J connectivity index is 2.31. The highest BCUT2D eigenvalue weighted by Gasteiger charge is 2.25. The fourth-order valence-corrected chi connectivity index (χ4v) is 1.82. The molecule has 1 aromatic rings. The molecular weight excluding hydrogens is 180 g/mol. The summed E-state index contributed by atoms with van der Waals surface area (Å²) in [6, 6.07) is 1.72. The van der Waals surface area contributed by atoms with Gasteiger partial charge in [0.2, 0.25) is 0 Å². The Kier molecular flexibility index (Phi) is 2.27. The molecule has 4 nitrogen and oxygen atoms in total. The Hall–Kier alpha value is -1.32. The second kappa shape index (κ2) is 3.44. The first kappa shape index (κ1) is 9.24. The zero-order valence-electron chi connectivity index (χ0n) is 8.23. The third kappa shape index (κ3) is 1.41. The maximum atomic E-state index is 10.7. The monoisotopic (exact) mass is 194 g/mol. The van der Waals surface area contributed by atoms with Gasteiger partial charge in [0.05, 0.1) is 0 Å². The zero-order valence-corrected chi connectivity index (χ0v) is 8.23. The molecule has 2 rings (SSSR count). The van der Waals surface area contributed by atoms with E-state index in [0.717, 1.165) is 12.2 Å². The van der Waals surface area contributed by atoms with Gasteiger partial charge in [-0.05, 0) is 25.8 Å². The highest BCUT2D eigenvalue weighted by atomic mass is 16.4. The molecule has 0 radical (unpaired) electrons. The Morgan fingerprint density at radius 3 is 2.86 bits per heavy atom. The molecule has 0 unspecified atom stereocenters. The first-order valence-corrected chi connectivity index (χ1v) is 5.03. The second-order valence-electron chi connectivity index (χ2n) is 3.70. The number of aryl methyl sites for hydroxylation is 1. The number of carbonyl (C=O) groups is 1. The molecular formula is C10H14N2O2. The van der Waals surface area contributed by atoms with E-state index in [1.807, 2.05) is 11.6 Å². The molecule has 14 heavy (non-hydrogen) atoms. The Morgan fingerprint density at radius 1 is 1.71 bits per heavy atom. The number of carboxylic acid groups (broad SMARTS) is 1. The van der Waals surface area contributed by atoms with Crippen molar-refractivity contribution in [3.05, 3.63) is 17.5 Å². The number of hydrogen-bond donors (Lipinski definition) is 1. The summed E-state index contributed by atoms with van der Waals surface area (Å²) >= 11 is 0. The van der Waals surface area contributed by atoms with Crippen LogP contribution in [0.25, 0.3) is 0 Å². The van der Waals surface area contributed by atoms with E-state index in [1.54, 1.807) is 6.07 Å². The van der Waals surface area contributed by atoms with Crippen molar-refractivity contribution in [1.82, 2.24) is 9.78 Å². The largest absolute Gasteiger partial charge is 0.476 e. The molecule has 1 aliphatic carbocycles. The predicted molar refractivity (Wildman–Crippen MR) is 51.5 cm³/mol. The van der Waals surface area contributed by atoms with Gasteiger partial charge in [-0.1, -0.05) is 6.42 Å². The quantitative estimate of drug-likeness (QED) is 0.799. The minimum Gasteiger partial charge on any atom is -0.476 e. The van der Waals surface area contributed by atoms with Crippen LogP contribution in [0.15, 0.2) is 6.07 Å². The number of aromatic nitrogens is 2. The molecule has 1 aliphatic rings. The van der Waals surface area contributed by atoms with Crippen molar-refractivity contribution in [2.75, 3.05) is 0 Å². The third-order valence-corrected chi connectivity index (χ3v) is 2.85. The third-order valence-electron chi connectivity index (χ3n) is 2.85. The smallest absolute Gasteiger partial charge is 0.356 e. The number of aromatic carboxylic acids is 1. The van der Waals surface area contributed by atoms with Crippen molar-refractivity contribution in [3.63, 3.8) is 0 Å². The summed E-state index contributed by atoms with van der Waals surface area (Å²) in [6.45, 7) is 2.74. The molecule has 0 bridgehead atoms. The van der Waals surface area contributed by atoms with Crippen LogP contribution < -0.4 is 0 Å². The summed E-state index contributed by atoms with van der Waals surface area (Å²) < 4.78 is 1.81. The van der Waals surface area contributed by atoms with Crippen LogP contribution in [0, 0.1) is 0 Å². The Morgan fingerprint density at radius 2 is 2.43 bits per heavy atom. The van der Waals surface area contributed by atoms with Crippen LogP contribution in [-0.2, 0) is 6.54 Å². The van der Waals surface area contributed by atoms with Gasteiger partial charge in [0.15, 0.2) is 5.69 Å². The van der Waals surface area contributed by atoms with E-state index in [2.05, 4.69) is 5.10 Å². The number of nitrogens with zero attached hydrogens (tertiary/aromatic N) is 2. The summed E-state index contributed by atoms with van der Waals surface area (Å²) in [5.74, 6) is -0.395. The van der Waals surface area contributed by atoms with Crippen LogP contribution in [0.2, 0.25) is 0 Å². The van der Waals surface area contributed by atoms with E-state index < -0.39 is 5.97 Å². The molecule has 0 atom stereocenters. The standard InChI is InChI=1S/C10H14N2O2/c1-2-12-9(7-4-3-5-7)6-8(11-12)10(13)14/h6-7H,2-5H2,1H3,(H,13,14). The zero-order chi connectivity index (χ0) is 10.1. The lowest BCUT2D eigenvalue weighted by Gasteiger charge is -2.25.